The number of ether oxygens (including phenoxy) is 3. The highest BCUT2D eigenvalue weighted by atomic mass is 16.6. The van der Waals surface area contributed by atoms with E-state index in [0.29, 0.717) is 31.3 Å². The Morgan fingerprint density at radius 1 is 1.19 bits per heavy atom. The summed E-state index contributed by atoms with van der Waals surface area (Å²) < 4.78 is 18.1. The third-order valence-electron chi connectivity index (χ3n) is 12.1. The number of aliphatic hydroxyl groups is 1. The normalized spacial score (nSPS) is 50.9. The lowest BCUT2D eigenvalue weighted by atomic mass is 9.43. The zero-order valence-corrected chi connectivity index (χ0v) is 22.8. The summed E-state index contributed by atoms with van der Waals surface area (Å²) in [4.78, 5) is 38.3. The quantitative estimate of drug-likeness (QED) is 0.449. The minimum Gasteiger partial charge on any atom is -0.459 e. The Balaban J connectivity index is 1.40. The zero-order chi connectivity index (χ0) is 26.7. The Kier molecular flexibility index (Phi) is 5.32. The van der Waals surface area contributed by atoms with Crippen LogP contribution in [0.4, 0.5) is 0 Å². The maximum atomic E-state index is 13.5. The first-order valence-electron chi connectivity index (χ1n) is 14.0. The van der Waals surface area contributed by atoms with Gasteiger partial charge >= 0.3 is 11.9 Å². The van der Waals surface area contributed by atoms with Crippen molar-refractivity contribution in [2.75, 3.05) is 0 Å². The monoisotopic (exact) mass is 512 g/mol. The second-order valence-electron chi connectivity index (χ2n) is 13.3. The van der Waals surface area contributed by atoms with Crippen molar-refractivity contribution in [3.05, 3.63) is 23.3 Å². The van der Waals surface area contributed by atoms with Gasteiger partial charge < -0.3 is 19.3 Å². The summed E-state index contributed by atoms with van der Waals surface area (Å²) in [6.45, 7) is 11.5. The highest BCUT2D eigenvalue weighted by Gasteiger charge is 2.81. The second kappa shape index (κ2) is 7.78. The van der Waals surface area contributed by atoms with Crippen molar-refractivity contribution in [2.45, 2.75) is 110 Å². The van der Waals surface area contributed by atoms with E-state index in [9.17, 15) is 19.5 Å². The van der Waals surface area contributed by atoms with Gasteiger partial charge in [0.15, 0.2) is 5.78 Å². The number of hydrogen-bond acceptors (Lipinski definition) is 7. The first-order chi connectivity index (χ1) is 17.3. The van der Waals surface area contributed by atoms with E-state index in [1.807, 2.05) is 19.9 Å². The van der Waals surface area contributed by atoms with Crippen LogP contribution in [-0.4, -0.2) is 52.3 Å². The molecule has 7 nitrogen and oxygen atoms in total. The van der Waals surface area contributed by atoms with Gasteiger partial charge in [-0.15, -0.1) is 0 Å². The van der Waals surface area contributed by atoms with Crippen LogP contribution in [0.1, 0.15) is 80.1 Å². The third-order valence-corrected chi connectivity index (χ3v) is 12.1. The molecule has 4 fully saturated rings. The van der Waals surface area contributed by atoms with E-state index < -0.39 is 34.1 Å². The van der Waals surface area contributed by atoms with Gasteiger partial charge in [0.1, 0.15) is 23.4 Å². The van der Waals surface area contributed by atoms with Gasteiger partial charge in [-0.05, 0) is 82.6 Å². The Morgan fingerprint density at radius 3 is 2.59 bits per heavy atom. The summed E-state index contributed by atoms with van der Waals surface area (Å²) in [5.74, 6) is -0.942. The fourth-order valence-electron chi connectivity index (χ4n) is 9.72. The first kappa shape index (κ1) is 25.3. The molecular formula is C30H40O7. The van der Waals surface area contributed by atoms with E-state index in [-0.39, 0.29) is 47.6 Å². The fraction of sp³-hybridized carbons (Fsp3) is 0.767. The van der Waals surface area contributed by atoms with Crippen LogP contribution in [0.25, 0.3) is 0 Å². The smallest absolute Gasteiger partial charge is 0.333 e. The average molecular weight is 513 g/mol. The molecule has 4 aliphatic carbocycles. The summed E-state index contributed by atoms with van der Waals surface area (Å²) in [6, 6.07) is 0. The summed E-state index contributed by atoms with van der Waals surface area (Å²) in [5, 5.41) is 12.9. The predicted octanol–water partition coefficient (Wildman–Crippen LogP) is 4.07. The van der Waals surface area contributed by atoms with Crippen molar-refractivity contribution in [3.8, 4) is 0 Å². The Morgan fingerprint density at radius 2 is 1.92 bits per heavy atom. The Bertz CT molecular complexity index is 1140. The van der Waals surface area contributed by atoms with E-state index >= 15 is 0 Å². The summed E-state index contributed by atoms with van der Waals surface area (Å²) >= 11 is 0. The standard InChI is InChI=1S/C30H40O7/c1-15-12-22(36-26(33)16(15)2)17(3)20-13-25(35-18(4)31)30(34)21-14-24-29(37-24)10-7-8-23(32)28(29,6)19(21)9-11-27(20,30)5/h7-8,17,19-22,24-25,34H,9-14H2,1-6H3/t17-,19-,20+,21+,22+,24+,25-,27+,28-,29+,30+/m0/s1. The maximum absolute atomic E-state index is 13.5. The largest absolute Gasteiger partial charge is 0.459 e. The lowest BCUT2D eigenvalue weighted by Crippen LogP contribution is -2.68. The van der Waals surface area contributed by atoms with Gasteiger partial charge in [0, 0.05) is 24.3 Å². The molecule has 0 aromatic heterocycles. The molecule has 11 atom stereocenters. The summed E-state index contributed by atoms with van der Waals surface area (Å²) in [5.41, 5.74) is -1.33. The molecule has 6 aliphatic rings. The van der Waals surface area contributed by atoms with Gasteiger partial charge in [0.2, 0.25) is 0 Å². The number of fused-ring (bicyclic) bond motifs is 4. The lowest BCUT2D eigenvalue weighted by Gasteiger charge is -2.61. The van der Waals surface area contributed by atoms with E-state index in [4.69, 9.17) is 14.2 Å². The molecule has 6 rings (SSSR count). The van der Waals surface area contributed by atoms with E-state index in [0.717, 1.165) is 18.4 Å². The summed E-state index contributed by atoms with van der Waals surface area (Å²) in [6.07, 6.45) is 6.66. The third kappa shape index (κ3) is 2.99. The van der Waals surface area contributed by atoms with Crippen molar-refractivity contribution < 1.29 is 33.7 Å². The molecule has 1 N–H and O–H groups in total. The number of epoxide rings is 1. The molecule has 0 unspecified atom stereocenters. The van der Waals surface area contributed by atoms with Crippen LogP contribution in [0.5, 0.6) is 0 Å². The van der Waals surface area contributed by atoms with Crippen LogP contribution < -0.4 is 0 Å². The molecule has 2 aliphatic heterocycles. The molecule has 3 saturated carbocycles. The molecule has 7 heteroatoms. The van der Waals surface area contributed by atoms with Crippen LogP contribution in [0.3, 0.4) is 0 Å². The SMILES string of the molecule is CC(=O)O[C@H]1C[C@H]([C@H](C)[C@H]2CC(C)=C(C)C(=O)O2)[C@@]2(C)CC[C@H]3[C@@H](C[C@H]4O[C@]45CC=CC(=O)[C@]35C)[C@@]12O. The number of carbonyl (C=O) groups is 3. The number of allylic oxidation sites excluding steroid dienone is 1. The molecule has 0 aromatic carbocycles. The topological polar surface area (TPSA) is 102 Å². The van der Waals surface area contributed by atoms with Gasteiger partial charge in [-0.2, -0.15) is 0 Å². The fourth-order valence-corrected chi connectivity index (χ4v) is 9.72. The van der Waals surface area contributed by atoms with Gasteiger partial charge in [-0.25, -0.2) is 4.79 Å². The molecule has 2 heterocycles. The minimum absolute atomic E-state index is 0.0200. The molecule has 1 spiro atoms. The van der Waals surface area contributed by atoms with Crippen LogP contribution >= 0.6 is 0 Å². The van der Waals surface area contributed by atoms with Gasteiger partial charge in [0.25, 0.3) is 0 Å². The van der Waals surface area contributed by atoms with Crippen molar-refractivity contribution in [3.63, 3.8) is 0 Å². The molecule has 0 bridgehead atoms. The number of cyclic esters (lactones) is 1. The molecule has 0 radical (unpaired) electrons. The number of ketones is 1. The van der Waals surface area contributed by atoms with Crippen molar-refractivity contribution in [2.24, 2.45) is 34.5 Å². The van der Waals surface area contributed by atoms with Crippen LogP contribution in [0.15, 0.2) is 23.3 Å². The molecule has 1 saturated heterocycles. The highest BCUT2D eigenvalue weighted by Crippen LogP contribution is 2.74. The second-order valence-corrected chi connectivity index (χ2v) is 13.3. The molecule has 202 valence electrons. The van der Waals surface area contributed by atoms with Crippen LogP contribution in [0, 0.1) is 34.5 Å². The molecule has 0 aromatic rings. The average Bonchev–Trinajstić information content (AvgIpc) is 3.49. The number of carbonyl (C=O) groups excluding carboxylic acids is 3. The van der Waals surface area contributed by atoms with E-state index in [2.05, 4.69) is 13.8 Å². The summed E-state index contributed by atoms with van der Waals surface area (Å²) in [7, 11) is 0. The molecule has 0 amide bonds. The van der Waals surface area contributed by atoms with E-state index in [1.54, 1.807) is 13.0 Å². The van der Waals surface area contributed by atoms with Crippen molar-refractivity contribution >= 4 is 17.7 Å². The highest BCUT2D eigenvalue weighted by molar-refractivity contribution is 5.97. The maximum Gasteiger partial charge on any atom is 0.333 e. The first-order valence-corrected chi connectivity index (χ1v) is 14.0. The van der Waals surface area contributed by atoms with Gasteiger partial charge in [-0.1, -0.05) is 25.5 Å². The zero-order valence-electron chi connectivity index (χ0n) is 22.8. The lowest BCUT2D eigenvalue weighted by molar-refractivity contribution is -0.232. The Labute approximate surface area is 219 Å². The van der Waals surface area contributed by atoms with Crippen molar-refractivity contribution in [1.82, 2.24) is 0 Å². The minimum atomic E-state index is -1.30. The van der Waals surface area contributed by atoms with Gasteiger partial charge in [-0.3, -0.25) is 9.59 Å². The van der Waals surface area contributed by atoms with Crippen LogP contribution in [-0.2, 0) is 28.6 Å². The van der Waals surface area contributed by atoms with E-state index in [1.165, 1.54) is 6.92 Å². The number of hydrogen-bond donors (Lipinski definition) is 1. The van der Waals surface area contributed by atoms with Gasteiger partial charge in [0.05, 0.1) is 11.5 Å². The number of rotatable bonds is 3. The Hall–Kier alpha value is -1.99. The molecule has 37 heavy (non-hydrogen) atoms. The predicted molar refractivity (Wildman–Crippen MR) is 134 cm³/mol. The molecular weight excluding hydrogens is 472 g/mol. The van der Waals surface area contributed by atoms with Crippen LogP contribution in [0.2, 0.25) is 0 Å². The van der Waals surface area contributed by atoms with Crippen molar-refractivity contribution in [1.29, 1.82) is 0 Å². The number of esters is 2.